The van der Waals surface area contributed by atoms with E-state index in [1.807, 2.05) is 0 Å². The quantitative estimate of drug-likeness (QED) is 0.0349. The Bertz CT molecular complexity index is 742. The summed E-state index contributed by atoms with van der Waals surface area (Å²) in [5, 5.41) is 0. The van der Waals surface area contributed by atoms with Gasteiger partial charge in [0.1, 0.15) is 6.10 Å². The number of unbranched alkanes of at least 4 members (excludes halogenated alkanes) is 21. The lowest BCUT2D eigenvalue weighted by molar-refractivity contribution is -0.152. The molecule has 0 amide bonds. The van der Waals surface area contributed by atoms with E-state index < -0.39 is 0 Å². The molecule has 7 nitrogen and oxygen atoms in total. The summed E-state index contributed by atoms with van der Waals surface area (Å²) >= 11 is 0. The highest BCUT2D eigenvalue weighted by Gasteiger charge is 2.16. The van der Waals surface area contributed by atoms with Crippen LogP contribution < -0.4 is 0 Å². The van der Waals surface area contributed by atoms with Crippen LogP contribution in [-0.2, 0) is 28.5 Å². The van der Waals surface area contributed by atoms with Crippen molar-refractivity contribution in [2.24, 2.45) is 0 Å². The van der Waals surface area contributed by atoms with E-state index in [1.54, 1.807) is 0 Å². The Kier molecular flexibility index (Phi) is 41.0. The number of hydrogen-bond donors (Lipinski definition) is 0. The third-order valence-corrected chi connectivity index (χ3v) is 10.6. The molecule has 0 aromatic rings. The van der Waals surface area contributed by atoms with Gasteiger partial charge in [0, 0.05) is 32.5 Å². The minimum Gasteiger partial charge on any atom is -0.466 e. The van der Waals surface area contributed by atoms with Crippen molar-refractivity contribution >= 4 is 11.9 Å². The second kappa shape index (κ2) is 42.0. The van der Waals surface area contributed by atoms with Crippen molar-refractivity contribution in [1.29, 1.82) is 0 Å². The molecular formula is C46H91NO6. The number of ether oxygens (including phenoxy) is 4. The molecular weight excluding hydrogens is 663 g/mol. The van der Waals surface area contributed by atoms with Gasteiger partial charge in [0.05, 0.1) is 6.61 Å². The lowest BCUT2D eigenvalue weighted by atomic mass is 10.0. The Balaban J connectivity index is 4.59. The first-order valence-corrected chi connectivity index (χ1v) is 23.3. The maximum Gasteiger partial charge on any atom is 0.306 e. The first kappa shape index (κ1) is 51.8. The van der Waals surface area contributed by atoms with Crippen LogP contribution in [0.1, 0.15) is 234 Å². The molecule has 0 aromatic heterocycles. The van der Waals surface area contributed by atoms with Crippen molar-refractivity contribution < 1.29 is 28.5 Å². The van der Waals surface area contributed by atoms with E-state index in [9.17, 15) is 9.59 Å². The largest absolute Gasteiger partial charge is 0.466 e. The lowest BCUT2D eigenvalue weighted by Crippen LogP contribution is -2.24. The Hall–Kier alpha value is -1.18. The van der Waals surface area contributed by atoms with E-state index in [2.05, 4.69) is 39.5 Å². The minimum atomic E-state index is -0.184. The molecule has 0 aliphatic heterocycles. The molecule has 1 unspecified atom stereocenters. The average Bonchev–Trinajstić information content (AvgIpc) is 3.16. The van der Waals surface area contributed by atoms with E-state index in [1.165, 1.54) is 122 Å². The fourth-order valence-corrected chi connectivity index (χ4v) is 6.88. The normalized spacial score (nSPS) is 12.2. The van der Waals surface area contributed by atoms with Crippen LogP contribution in [-0.4, -0.2) is 68.7 Å². The first-order valence-electron chi connectivity index (χ1n) is 23.3. The summed E-state index contributed by atoms with van der Waals surface area (Å²) < 4.78 is 23.9. The number of carbonyl (C=O) groups is 2. The SMILES string of the molecule is CCCCCCCCCCCCC(CCOC(=O)CCCCC(OCCCCCCCC)OCCCCCCCC)OC(=O)CCCCN(CC)CC. The zero-order valence-electron chi connectivity index (χ0n) is 36.2. The van der Waals surface area contributed by atoms with E-state index >= 15 is 0 Å². The van der Waals surface area contributed by atoms with Gasteiger partial charge in [-0.3, -0.25) is 9.59 Å². The van der Waals surface area contributed by atoms with Crippen molar-refractivity contribution in [2.75, 3.05) is 39.5 Å². The molecule has 0 heterocycles. The summed E-state index contributed by atoms with van der Waals surface area (Å²) in [4.78, 5) is 27.8. The summed E-state index contributed by atoms with van der Waals surface area (Å²) in [6.45, 7) is 16.0. The number of esters is 2. The zero-order valence-corrected chi connectivity index (χ0v) is 36.2. The fraction of sp³-hybridized carbons (Fsp3) is 0.957. The molecule has 0 rings (SSSR count). The van der Waals surface area contributed by atoms with Gasteiger partial charge in [-0.1, -0.05) is 157 Å². The van der Waals surface area contributed by atoms with Gasteiger partial charge in [-0.15, -0.1) is 0 Å². The number of hydrogen-bond acceptors (Lipinski definition) is 7. The van der Waals surface area contributed by atoms with Gasteiger partial charge in [0.2, 0.25) is 0 Å². The third kappa shape index (κ3) is 37.5. The summed E-state index contributed by atoms with van der Waals surface area (Å²) in [6.07, 6.45) is 34.0. The van der Waals surface area contributed by atoms with E-state index in [0.29, 0.717) is 25.9 Å². The van der Waals surface area contributed by atoms with Crippen LogP contribution >= 0.6 is 0 Å². The van der Waals surface area contributed by atoms with E-state index in [-0.39, 0.29) is 24.3 Å². The Morgan fingerprint density at radius 1 is 0.434 bits per heavy atom. The van der Waals surface area contributed by atoms with Crippen molar-refractivity contribution in [3.05, 3.63) is 0 Å². The molecule has 0 N–H and O–H groups in total. The summed E-state index contributed by atoms with van der Waals surface area (Å²) in [6, 6.07) is 0. The lowest BCUT2D eigenvalue weighted by Gasteiger charge is -2.19. The third-order valence-electron chi connectivity index (χ3n) is 10.6. The predicted molar refractivity (Wildman–Crippen MR) is 224 cm³/mol. The molecule has 0 saturated carbocycles. The maximum absolute atomic E-state index is 12.8. The van der Waals surface area contributed by atoms with Crippen molar-refractivity contribution in [3.63, 3.8) is 0 Å². The van der Waals surface area contributed by atoms with E-state index in [4.69, 9.17) is 18.9 Å². The maximum atomic E-state index is 12.8. The molecule has 0 radical (unpaired) electrons. The second-order valence-electron chi connectivity index (χ2n) is 15.5. The van der Waals surface area contributed by atoms with Crippen LogP contribution in [0.4, 0.5) is 0 Å². The van der Waals surface area contributed by atoms with Crippen LogP contribution in [0.15, 0.2) is 0 Å². The van der Waals surface area contributed by atoms with Crippen LogP contribution in [0.3, 0.4) is 0 Å². The molecule has 53 heavy (non-hydrogen) atoms. The topological polar surface area (TPSA) is 74.3 Å². The highest BCUT2D eigenvalue weighted by atomic mass is 16.7. The van der Waals surface area contributed by atoms with Crippen LogP contribution in [0.25, 0.3) is 0 Å². The highest BCUT2D eigenvalue weighted by molar-refractivity contribution is 5.69. The number of nitrogens with zero attached hydrogens (tertiary/aromatic N) is 1. The molecule has 0 spiro atoms. The second-order valence-corrected chi connectivity index (χ2v) is 15.5. The molecule has 0 saturated heterocycles. The molecule has 0 fully saturated rings. The molecule has 316 valence electrons. The molecule has 0 aliphatic carbocycles. The smallest absolute Gasteiger partial charge is 0.306 e. The van der Waals surface area contributed by atoms with Crippen LogP contribution in [0.2, 0.25) is 0 Å². The van der Waals surface area contributed by atoms with Gasteiger partial charge in [0.25, 0.3) is 0 Å². The molecule has 1 atom stereocenters. The van der Waals surface area contributed by atoms with Crippen LogP contribution in [0.5, 0.6) is 0 Å². The van der Waals surface area contributed by atoms with Crippen molar-refractivity contribution in [1.82, 2.24) is 4.90 Å². The van der Waals surface area contributed by atoms with Gasteiger partial charge in [-0.05, 0) is 77.4 Å². The monoisotopic (exact) mass is 754 g/mol. The Morgan fingerprint density at radius 2 is 0.868 bits per heavy atom. The van der Waals surface area contributed by atoms with Crippen molar-refractivity contribution in [3.8, 4) is 0 Å². The number of rotatable bonds is 43. The average molecular weight is 754 g/mol. The minimum absolute atomic E-state index is 0.111. The fourth-order valence-electron chi connectivity index (χ4n) is 6.88. The van der Waals surface area contributed by atoms with Crippen molar-refractivity contribution in [2.45, 2.75) is 246 Å². The van der Waals surface area contributed by atoms with Gasteiger partial charge in [-0.25, -0.2) is 0 Å². The van der Waals surface area contributed by atoms with Gasteiger partial charge >= 0.3 is 11.9 Å². The Morgan fingerprint density at radius 3 is 1.38 bits per heavy atom. The molecule has 7 heteroatoms. The summed E-state index contributed by atoms with van der Waals surface area (Å²) in [7, 11) is 0. The standard InChI is InChI=1S/C46H91NO6/c1-6-11-14-17-20-21-22-23-24-27-34-43(53-45(49)36-30-31-39-47(9-4)10-5)38-42-50-44(48)35-28-29-37-46(51-40-32-25-18-15-12-7-2)52-41-33-26-19-16-13-8-3/h43,46H,6-42H2,1-5H3. The van der Waals surface area contributed by atoms with Gasteiger partial charge < -0.3 is 23.8 Å². The first-order chi connectivity index (χ1) is 26.0. The highest BCUT2D eigenvalue weighted by Crippen LogP contribution is 2.17. The molecule has 0 aliphatic rings. The predicted octanol–water partition coefficient (Wildman–Crippen LogP) is 13.3. The van der Waals surface area contributed by atoms with Gasteiger partial charge in [0.15, 0.2) is 6.29 Å². The van der Waals surface area contributed by atoms with Gasteiger partial charge in [-0.2, -0.15) is 0 Å². The molecule has 0 bridgehead atoms. The zero-order chi connectivity index (χ0) is 38.9. The van der Waals surface area contributed by atoms with Crippen LogP contribution in [0, 0.1) is 0 Å². The summed E-state index contributed by atoms with van der Waals surface area (Å²) in [5.41, 5.74) is 0. The Labute approximate surface area is 330 Å². The molecule has 0 aromatic carbocycles. The van der Waals surface area contributed by atoms with E-state index in [0.717, 1.165) is 90.6 Å². The number of carbonyl (C=O) groups excluding carboxylic acids is 2. The summed E-state index contributed by atoms with van der Waals surface area (Å²) in [5.74, 6) is -0.275.